The highest BCUT2D eigenvalue weighted by molar-refractivity contribution is 5.06. The molecule has 1 atom stereocenters. The molecular weight excluding hydrogens is 234 g/mol. The summed E-state index contributed by atoms with van der Waals surface area (Å²) in [6.07, 6.45) is -0.622. The van der Waals surface area contributed by atoms with Gasteiger partial charge in [-0.3, -0.25) is 4.57 Å². The summed E-state index contributed by atoms with van der Waals surface area (Å²) in [7, 11) is 1.62. The summed E-state index contributed by atoms with van der Waals surface area (Å²) in [5.74, 6) is 0. The molecule has 6 heteroatoms. The topological polar surface area (TPSA) is 76.4 Å². The van der Waals surface area contributed by atoms with Gasteiger partial charge in [-0.2, -0.15) is 4.98 Å². The van der Waals surface area contributed by atoms with E-state index in [1.807, 2.05) is 13.0 Å². The number of hydrogen-bond donors (Lipinski definition) is 2. The van der Waals surface area contributed by atoms with E-state index in [9.17, 15) is 9.90 Å². The summed E-state index contributed by atoms with van der Waals surface area (Å²) in [6.45, 7) is 5.55. The number of nitrogens with zero attached hydrogens (tertiary/aromatic N) is 2. The van der Waals surface area contributed by atoms with E-state index >= 15 is 0 Å². The van der Waals surface area contributed by atoms with E-state index in [0.717, 1.165) is 5.69 Å². The Kier molecular flexibility index (Phi) is 5.97. The number of aliphatic hydroxyl groups is 1. The van der Waals surface area contributed by atoms with Crippen LogP contribution < -0.4 is 11.0 Å². The number of aliphatic hydroxyl groups excluding tert-OH is 1. The second-order valence-corrected chi connectivity index (χ2v) is 4.28. The lowest BCUT2D eigenvalue weighted by molar-refractivity contribution is 0.141. The molecule has 0 saturated carbocycles. The fourth-order valence-electron chi connectivity index (χ4n) is 1.71. The van der Waals surface area contributed by atoms with Crippen molar-refractivity contribution in [2.24, 2.45) is 0 Å². The average Bonchev–Trinajstić information content (AvgIpc) is 2.29. The largest absolute Gasteiger partial charge is 0.390 e. The number of ether oxygens (including phenoxy) is 1. The van der Waals surface area contributed by atoms with Crippen LogP contribution in [0, 0.1) is 13.8 Å². The van der Waals surface area contributed by atoms with Crippen LogP contribution in [0.2, 0.25) is 0 Å². The fourth-order valence-corrected chi connectivity index (χ4v) is 1.71. The molecule has 18 heavy (non-hydrogen) atoms. The zero-order valence-electron chi connectivity index (χ0n) is 11.1. The van der Waals surface area contributed by atoms with Crippen LogP contribution in [-0.2, 0) is 11.3 Å². The van der Waals surface area contributed by atoms with Crippen molar-refractivity contribution in [1.29, 1.82) is 0 Å². The Bertz CT molecular complexity index is 431. The first-order valence-corrected chi connectivity index (χ1v) is 5.97. The first-order valence-electron chi connectivity index (χ1n) is 5.97. The highest BCUT2D eigenvalue weighted by atomic mass is 16.5. The van der Waals surface area contributed by atoms with Crippen molar-refractivity contribution in [3.63, 3.8) is 0 Å². The number of nitrogens with one attached hydrogen (secondary N) is 1. The maximum Gasteiger partial charge on any atom is 0.348 e. The molecule has 1 aromatic rings. The van der Waals surface area contributed by atoms with Crippen molar-refractivity contribution in [3.8, 4) is 0 Å². The van der Waals surface area contributed by atoms with Gasteiger partial charge in [-0.05, 0) is 19.9 Å². The fraction of sp³-hybridized carbons (Fsp3) is 0.667. The lowest BCUT2D eigenvalue weighted by Crippen LogP contribution is -2.36. The monoisotopic (exact) mass is 255 g/mol. The van der Waals surface area contributed by atoms with Crippen LogP contribution >= 0.6 is 0 Å². The number of rotatable bonds is 7. The van der Waals surface area contributed by atoms with Crippen LogP contribution in [-0.4, -0.2) is 47.6 Å². The van der Waals surface area contributed by atoms with Gasteiger partial charge in [-0.15, -0.1) is 0 Å². The van der Waals surface area contributed by atoms with E-state index < -0.39 is 6.10 Å². The van der Waals surface area contributed by atoms with Crippen LogP contribution in [0.3, 0.4) is 0 Å². The predicted octanol–water partition coefficient (Wildman–Crippen LogP) is -0.543. The molecule has 0 radical (unpaired) electrons. The molecule has 0 aliphatic rings. The third kappa shape index (κ3) is 4.56. The van der Waals surface area contributed by atoms with Crippen LogP contribution in [0.15, 0.2) is 10.9 Å². The van der Waals surface area contributed by atoms with Gasteiger partial charge in [0.25, 0.3) is 0 Å². The third-order valence-electron chi connectivity index (χ3n) is 2.60. The molecule has 102 valence electrons. The maximum atomic E-state index is 11.7. The normalized spacial score (nSPS) is 12.7. The Hall–Kier alpha value is -1.24. The molecule has 1 aromatic heterocycles. The highest BCUT2D eigenvalue weighted by Gasteiger charge is 2.09. The molecule has 6 nitrogen and oxygen atoms in total. The molecule has 0 spiro atoms. The second-order valence-electron chi connectivity index (χ2n) is 4.28. The molecule has 0 bridgehead atoms. The molecule has 1 unspecified atom stereocenters. The second kappa shape index (κ2) is 7.25. The summed E-state index contributed by atoms with van der Waals surface area (Å²) < 4.78 is 6.37. The van der Waals surface area contributed by atoms with Gasteiger partial charge in [0.15, 0.2) is 0 Å². The molecule has 0 fully saturated rings. The smallest absolute Gasteiger partial charge is 0.348 e. The SMILES string of the molecule is COCCNCC(O)Cn1c(C)cc(C)nc1=O. The molecule has 0 saturated heterocycles. The van der Waals surface area contributed by atoms with Crippen molar-refractivity contribution in [1.82, 2.24) is 14.9 Å². The van der Waals surface area contributed by atoms with Crippen LogP contribution in [0.4, 0.5) is 0 Å². The minimum Gasteiger partial charge on any atom is -0.390 e. The van der Waals surface area contributed by atoms with Crippen LogP contribution in [0.5, 0.6) is 0 Å². The van der Waals surface area contributed by atoms with E-state index in [0.29, 0.717) is 25.4 Å². The molecule has 0 aliphatic carbocycles. The average molecular weight is 255 g/mol. The van der Waals surface area contributed by atoms with Crippen molar-refractivity contribution in [3.05, 3.63) is 27.9 Å². The Balaban J connectivity index is 2.54. The van der Waals surface area contributed by atoms with Gasteiger partial charge in [-0.25, -0.2) is 4.79 Å². The van der Waals surface area contributed by atoms with Crippen LogP contribution in [0.25, 0.3) is 0 Å². The number of methoxy groups -OCH3 is 1. The molecule has 1 heterocycles. The van der Waals surface area contributed by atoms with E-state index in [1.54, 1.807) is 14.0 Å². The zero-order chi connectivity index (χ0) is 13.5. The maximum absolute atomic E-state index is 11.7. The van der Waals surface area contributed by atoms with Crippen molar-refractivity contribution >= 4 is 0 Å². The highest BCUT2D eigenvalue weighted by Crippen LogP contribution is 1.98. The first-order chi connectivity index (χ1) is 8.54. The molecule has 0 amide bonds. The first kappa shape index (κ1) is 14.8. The van der Waals surface area contributed by atoms with Crippen LogP contribution in [0.1, 0.15) is 11.4 Å². The van der Waals surface area contributed by atoms with Gasteiger partial charge in [0.2, 0.25) is 0 Å². The number of hydrogen-bond acceptors (Lipinski definition) is 5. The van der Waals surface area contributed by atoms with Gasteiger partial charge in [0, 0.05) is 31.6 Å². The summed E-state index contributed by atoms with van der Waals surface area (Å²) >= 11 is 0. The van der Waals surface area contributed by atoms with Gasteiger partial charge < -0.3 is 15.2 Å². The quantitative estimate of drug-likeness (QED) is 0.640. The Morgan fingerprint density at radius 2 is 2.28 bits per heavy atom. The Labute approximate surface area is 107 Å². The molecule has 2 N–H and O–H groups in total. The molecule has 0 aromatic carbocycles. The van der Waals surface area contributed by atoms with Crippen molar-refractivity contribution in [2.75, 3.05) is 26.8 Å². The standard InChI is InChI=1S/C12H21N3O3/c1-9-6-10(2)15(12(17)14-9)8-11(16)7-13-4-5-18-3/h6,11,13,16H,4-5,7-8H2,1-3H3. The summed E-state index contributed by atoms with van der Waals surface area (Å²) in [5.41, 5.74) is 1.19. The Morgan fingerprint density at radius 3 is 2.89 bits per heavy atom. The lowest BCUT2D eigenvalue weighted by atomic mass is 10.3. The van der Waals surface area contributed by atoms with Gasteiger partial charge >= 0.3 is 5.69 Å². The Morgan fingerprint density at radius 1 is 1.56 bits per heavy atom. The van der Waals surface area contributed by atoms with E-state index in [1.165, 1.54) is 4.57 Å². The number of aryl methyl sites for hydroxylation is 2. The zero-order valence-corrected chi connectivity index (χ0v) is 11.1. The van der Waals surface area contributed by atoms with Gasteiger partial charge in [0.05, 0.1) is 19.3 Å². The molecule has 0 aliphatic heterocycles. The predicted molar refractivity (Wildman–Crippen MR) is 68.7 cm³/mol. The summed E-state index contributed by atoms with van der Waals surface area (Å²) in [4.78, 5) is 15.5. The summed E-state index contributed by atoms with van der Waals surface area (Å²) in [6, 6.07) is 1.83. The molecule has 1 rings (SSSR count). The summed E-state index contributed by atoms with van der Waals surface area (Å²) in [5, 5.41) is 12.9. The van der Waals surface area contributed by atoms with Gasteiger partial charge in [-0.1, -0.05) is 0 Å². The van der Waals surface area contributed by atoms with Crippen molar-refractivity contribution < 1.29 is 9.84 Å². The third-order valence-corrected chi connectivity index (χ3v) is 2.60. The minimum absolute atomic E-state index is 0.248. The van der Waals surface area contributed by atoms with Gasteiger partial charge in [0.1, 0.15) is 0 Å². The van der Waals surface area contributed by atoms with E-state index in [4.69, 9.17) is 4.74 Å². The van der Waals surface area contributed by atoms with E-state index in [-0.39, 0.29) is 12.2 Å². The number of aromatic nitrogens is 2. The van der Waals surface area contributed by atoms with Crippen molar-refractivity contribution in [2.45, 2.75) is 26.5 Å². The lowest BCUT2D eigenvalue weighted by Gasteiger charge is -2.15. The minimum atomic E-state index is -0.622. The molecular formula is C12H21N3O3. The van der Waals surface area contributed by atoms with E-state index in [2.05, 4.69) is 10.3 Å².